The zero-order valence-electron chi connectivity index (χ0n) is 13.1. The first-order valence-corrected chi connectivity index (χ1v) is 8.00. The quantitative estimate of drug-likeness (QED) is 0.542. The fourth-order valence-electron chi connectivity index (χ4n) is 2.32. The normalized spacial score (nSPS) is 10.7. The van der Waals surface area contributed by atoms with Gasteiger partial charge in [0, 0.05) is 11.4 Å². The number of hydrogen-bond acceptors (Lipinski definition) is 5. The van der Waals surface area contributed by atoms with E-state index in [0.717, 1.165) is 28.4 Å². The number of carbonyl (C=O) groups excluding carboxylic acids is 1. The molecule has 0 N–H and O–H groups in total. The predicted molar refractivity (Wildman–Crippen MR) is 89.3 cm³/mol. The van der Waals surface area contributed by atoms with Gasteiger partial charge in [0.1, 0.15) is 5.03 Å². The molecule has 116 valence electrons. The van der Waals surface area contributed by atoms with Gasteiger partial charge in [-0.15, -0.1) is 0 Å². The third-order valence-corrected chi connectivity index (χ3v) is 4.28. The number of aldehydes is 1. The van der Waals surface area contributed by atoms with Gasteiger partial charge in [-0.05, 0) is 50.7 Å². The maximum atomic E-state index is 11.5. The second-order valence-electron chi connectivity index (χ2n) is 5.20. The molecule has 6 heteroatoms. The molecule has 0 spiro atoms. The number of para-hydroxylation sites is 1. The zero-order chi connectivity index (χ0) is 16.4. The largest absolute Gasteiger partial charge is 0.298 e. The van der Waals surface area contributed by atoms with Crippen molar-refractivity contribution >= 4 is 18.0 Å². The lowest BCUT2D eigenvalue weighted by Crippen LogP contribution is -2.00. The molecule has 0 bridgehead atoms. The first-order chi connectivity index (χ1) is 11.1. The van der Waals surface area contributed by atoms with Crippen molar-refractivity contribution in [3.05, 3.63) is 59.0 Å². The van der Waals surface area contributed by atoms with E-state index in [4.69, 9.17) is 0 Å². The van der Waals surface area contributed by atoms with E-state index in [1.807, 2.05) is 57.2 Å². The fraction of sp³-hybridized carbons (Fsp3) is 0.176. The summed E-state index contributed by atoms with van der Waals surface area (Å²) in [7, 11) is 0. The molecule has 0 aliphatic rings. The van der Waals surface area contributed by atoms with E-state index in [-0.39, 0.29) is 0 Å². The summed E-state index contributed by atoms with van der Waals surface area (Å²) in [5.41, 5.74) is 3.96. The highest BCUT2D eigenvalue weighted by Crippen LogP contribution is 2.31. The number of rotatable bonds is 4. The van der Waals surface area contributed by atoms with Crippen LogP contribution in [-0.4, -0.2) is 26.0 Å². The highest BCUT2D eigenvalue weighted by molar-refractivity contribution is 7.99. The van der Waals surface area contributed by atoms with E-state index in [9.17, 15) is 4.79 Å². The van der Waals surface area contributed by atoms with Gasteiger partial charge < -0.3 is 0 Å². The van der Waals surface area contributed by atoms with Gasteiger partial charge in [-0.2, -0.15) is 5.10 Å². The molecule has 0 saturated carbocycles. The first kappa shape index (κ1) is 15.4. The Morgan fingerprint density at radius 1 is 1.04 bits per heavy atom. The van der Waals surface area contributed by atoms with E-state index in [1.54, 1.807) is 4.68 Å². The fourth-order valence-corrected chi connectivity index (χ4v) is 3.41. The standard InChI is InChI=1S/C17H16N4OS/c1-11-9-12(2)19-17(18-11)23-16-15(10-22)13(3)20-21(16)14-7-5-4-6-8-14/h4-10H,1-3H3. The van der Waals surface area contributed by atoms with E-state index in [1.165, 1.54) is 11.8 Å². The average molecular weight is 324 g/mol. The van der Waals surface area contributed by atoms with Crippen molar-refractivity contribution in [2.45, 2.75) is 31.0 Å². The van der Waals surface area contributed by atoms with Gasteiger partial charge in [-0.1, -0.05) is 18.2 Å². The summed E-state index contributed by atoms with van der Waals surface area (Å²) in [5.74, 6) is 0. The first-order valence-electron chi connectivity index (χ1n) is 7.19. The Morgan fingerprint density at radius 2 is 1.70 bits per heavy atom. The van der Waals surface area contributed by atoms with Crippen molar-refractivity contribution in [2.75, 3.05) is 0 Å². The molecule has 0 fully saturated rings. The topological polar surface area (TPSA) is 60.7 Å². The van der Waals surface area contributed by atoms with Crippen LogP contribution in [0.3, 0.4) is 0 Å². The van der Waals surface area contributed by atoms with Crippen LogP contribution in [0.1, 0.15) is 27.4 Å². The number of nitrogens with zero attached hydrogens (tertiary/aromatic N) is 4. The van der Waals surface area contributed by atoms with Gasteiger partial charge in [0.15, 0.2) is 11.4 Å². The summed E-state index contributed by atoms with van der Waals surface area (Å²) in [4.78, 5) is 20.4. The molecule has 3 rings (SSSR count). The van der Waals surface area contributed by atoms with Crippen molar-refractivity contribution in [1.82, 2.24) is 19.7 Å². The van der Waals surface area contributed by atoms with Crippen molar-refractivity contribution < 1.29 is 4.79 Å². The number of benzene rings is 1. The van der Waals surface area contributed by atoms with E-state index < -0.39 is 0 Å². The zero-order valence-corrected chi connectivity index (χ0v) is 14.0. The minimum Gasteiger partial charge on any atom is -0.298 e. The van der Waals surface area contributed by atoms with Gasteiger partial charge >= 0.3 is 0 Å². The molecule has 0 atom stereocenters. The maximum Gasteiger partial charge on any atom is 0.194 e. The Labute approximate surface area is 138 Å². The molecular formula is C17H16N4OS. The Morgan fingerprint density at radius 3 is 2.30 bits per heavy atom. The summed E-state index contributed by atoms with van der Waals surface area (Å²) >= 11 is 1.36. The van der Waals surface area contributed by atoms with Crippen molar-refractivity contribution in [2.24, 2.45) is 0 Å². The van der Waals surface area contributed by atoms with E-state index in [0.29, 0.717) is 16.4 Å². The summed E-state index contributed by atoms with van der Waals surface area (Å²) in [6.07, 6.45) is 0.840. The number of aryl methyl sites for hydroxylation is 3. The van der Waals surface area contributed by atoms with Gasteiger partial charge in [0.05, 0.1) is 16.9 Å². The molecule has 2 heterocycles. The smallest absolute Gasteiger partial charge is 0.194 e. The number of hydrogen-bond donors (Lipinski definition) is 0. The van der Waals surface area contributed by atoms with Crippen molar-refractivity contribution in [1.29, 1.82) is 0 Å². The van der Waals surface area contributed by atoms with Crippen LogP contribution in [-0.2, 0) is 0 Å². The maximum absolute atomic E-state index is 11.5. The van der Waals surface area contributed by atoms with Crippen LogP contribution in [0.25, 0.3) is 5.69 Å². The molecule has 3 aromatic rings. The molecule has 2 aromatic heterocycles. The van der Waals surface area contributed by atoms with Crippen LogP contribution in [0.2, 0.25) is 0 Å². The second-order valence-corrected chi connectivity index (χ2v) is 6.16. The highest BCUT2D eigenvalue weighted by atomic mass is 32.2. The Balaban J connectivity index is 2.12. The van der Waals surface area contributed by atoms with Crippen LogP contribution < -0.4 is 0 Å². The van der Waals surface area contributed by atoms with Crippen LogP contribution in [0, 0.1) is 20.8 Å². The third kappa shape index (κ3) is 3.17. The van der Waals surface area contributed by atoms with Gasteiger partial charge in [-0.25, -0.2) is 14.6 Å². The number of aromatic nitrogens is 4. The second kappa shape index (κ2) is 6.34. The minimum atomic E-state index is 0.571. The summed E-state index contributed by atoms with van der Waals surface area (Å²) < 4.78 is 1.77. The lowest BCUT2D eigenvalue weighted by atomic mass is 10.3. The molecule has 5 nitrogen and oxygen atoms in total. The average Bonchev–Trinajstić information content (AvgIpc) is 2.83. The molecule has 0 saturated heterocycles. The molecule has 0 unspecified atom stereocenters. The SMILES string of the molecule is Cc1cc(C)nc(Sc2c(C=O)c(C)nn2-c2ccccc2)n1. The Hall–Kier alpha value is -2.47. The monoisotopic (exact) mass is 324 g/mol. The molecule has 0 aliphatic carbocycles. The highest BCUT2D eigenvalue weighted by Gasteiger charge is 2.18. The summed E-state index contributed by atoms with van der Waals surface area (Å²) in [5, 5.41) is 5.85. The molecule has 0 aliphatic heterocycles. The van der Waals surface area contributed by atoms with Crippen LogP contribution in [0.4, 0.5) is 0 Å². The van der Waals surface area contributed by atoms with Crippen LogP contribution in [0.15, 0.2) is 46.6 Å². The van der Waals surface area contributed by atoms with Crippen LogP contribution >= 0.6 is 11.8 Å². The van der Waals surface area contributed by atoms with E-state index >= 15 is 0 Å². The lowest BCUT2D eigenvalue weighted by Gasteiger charge is -2.07. The van der Waals surface area contributed by atoms with Gasteiger partial charge in [0.2, 0.25) is 0 Å². The van der Waals surface area contributed by atoms with Gasteiger partial charge in [0.25, 0.3) is 0 Å². The van der Waals surface area contributed by atoms with Crippen LogP contribution in [0.5, 0.6) is 0 Å². The summed E-state index contributed by atoms with van der Waals surface area (Å²) in [6, 6.07) is 11.6. The molecule has 0 radical (unpaired) electrons. The Bertz CT molecular complexity index is 838. The third-order valence-electron chi connectivity index (χ3n) is 3.33. The molecule has 0 amide bonds. The lowest BCUT2D eigenvalue weighted by molar-refractivity contribution is 0.112. The molecule has 23 heavy (non-hydrogen) atoms. The number of carbonyl (C=O) groups is 1. The summed E-state index contributed by atoms with van der Waals surface area (Å²) in [6.45, 7) is 5.69. The molecular weight excluding hydrogens is 308 g/mol. The minimum absolute atomic E-state index is 0.571. The molecule has 1 aromatic carbocycles. The van der Waals surface area contributed by atoms with Crippen molar-refractivity contribution in [3.63, 3.8) is 0 Å². The van der Waals surface area contributed by atoms with E-state index in [2.05, 4.69) is 15.1 Å². The van der Waals surface area contributed by atoms with Gasteiger partial charge in [-0.3, -0.25) is 4.79 Å². The van der Waals surface area contributed by atoms with Crippen molar-refractivity contribution in [3.8, 4) is 5.69 Å². The Kier molecular flexibility index (Phi) is 4.25. The predicted octanol–water partition coefficient (Wildman–Crippen LogP) is 3.55.